The highest BCUT2D eigenvalue weighted by Crippen LogP contribution is 2.24. The summed E-state index contributed by atoms with van der Waals surface area (Å²) in [4.78, 5) is 12.4. The molecule has 1 aromatic rings. The van der Waals surface area contributed by atoms with Gasteiger partial charge < -0.3 is 5.32 Å². The Bertz CT molecular complexity index is 636. The van der Waals surface area contributed by atoms with Crippen molar-refractivity contribution in [2.45, 2.75) is 59.5 Å². The van der Waals surface area contributed by atoms with Crippen molar-refractivity contribution in [1.82, 2.24) is 5.32 Å². The van der Waals surface area contributed by atoms with Crippen molar-refractivity contribution in [2.75, 3.05) is 10.6 Å². The minimum absolute atomic E-state index is 0.0237. The summed E-state index contributed by atoms with van der Waals surface area (Å²) in [6.45, 7) is 9.41. The molecule has 1 aromatic carbocycles. The van der Waals surface area contributed by atoms with E-state index in [4.69, 9.17) is 0 Å². The second kappa shape index (κ2) is 7.81. The minimum atomic E-state index is -3.57. The molecule has 0 radical (unpaired) electrons. The molecule has 1 rings (SSSR count). The summed E-state index contributed by atoms with van der Waals surface area (Å²) in [5.74, 6) is -0.282. The first-order valence-electron chi connectivity index (χ1n) is 7.94. The van der Waals surface area contributed by atoms with Gasteiger partial charge in [-0.3, -0.25) is 9.10 Å². The van der Waals surface area contributed by atoms with E-state index in [1.165, 1.54) is 4.31 Å². The number of carbonyl (C=O) groups is 1. The Kier molecular flexibility index (Phi) is 6.62. The molecule has 6 heteroatoms. The first-order chi connectivity index (χ1) is 10.6. The standard InChI is InChI=1S/C17H28N2O3S/c1-7-8-14(4)18-17(20)15(5)19(23(6,21)22)16-10-12(2)9-13(3)11-16/h9-11,14-15H,7-8H2,1-6H3,(H,18,20)/t14-,15-/m0/s1. The van der Waals surface area contributed by atoms with Crippen LogP contribution in [0, 0.1) is 13.8 Å². The maximum atomic E-state index is 12.4. The van der Waals surface area contributed by atoms with Gasteiger partial charge in [0.2, 0.25) is 15.9 Å². The van der Waals surface area contributed by atoms with E-state index in [1.54, 1.807) is 19.1 Å². The molecular formula is C17H28N2O3S. The van der Waals surface area contributed by atoms with Gasteiger partial charge in [0.15, 0.2) is 0 Å². The fraction of sp³-hybridized carbons (Fsp3) is 0.588. The largest absolute Gasteiger partial charge is 0.352 e. The zero-order chi connectivity index (χ0) is 17.8. The molecule has 2 atom stereocenters. The van der Waals surface area contributed by atoms with Crippen LogP contribution in [0.15, 0.2) is 18.2 Å². The van der Waals surface area contributed by atoms with E-state index in [2.05, 4.69) is 5.32 Å². The number of aryl methyl sites for hydroxylation is 2. The molecule has 0 aliphatic carbocycles. The predicted octanol–water partition coefficient (Wildman–Crippen LogP) is 2.76. The molecule has 130 valence electrons. The van der Waals surface area contributed by atoms with Crippen LogP contribution < -0.4 is 9.62 Å². The topological polar surface area (TPSA) is 66.5 Å². The van der Waals surface area contributed by atoms with E-state index in [1.807, 2.05) is 33.8 Å². The van der Waals surface area contributed by atoms with Crippen molar-refractivity contribution in [3.05, 3.63) is 29.3 Å². The van der Waals surface area contributed by atoms with Crippen LogP contribution in [0.25, 0.3) is 0 Å². The first-order valence-corrected chi connectivity index (χ1v) is 9.79. The summed E-state index contributed by atoms with van der Waals surface area (Å²) in [5, 5.41) is 2.89. The van der Waals surface area contributed by atoms with Gasteiger partial charge in [-0.15, -0.1) is 0 Å². The fourth-order valence-corrected chi connectivity index (χ4v) is 3.91. The number of carbonyl (C=O) groups excluding carboxylic acids is 1. The third kappa shape index (κ3) is 5.53. The van der Waals surface area contributed by atoms with Crippen LogP contribution in [0.4, 0.5) is 5.69 Å². The van der Waals surface area contributed by atoms with Gasteiger partial charge in [0.1, 0.15) is 6.04 Å². The van der Waals surface area contributed by atoms with E-state index in [0.717, 1.165) is 30.2 Å². The maximum absolute atomic E-state index is 12.4. The molecule has 0 heterocycles. The number of nitrogens with zero attached hydrogens (tertiary/aromatic N) is 1. The zero-order valence-corrected chi connectivity index (χ0v) is 15.7. The average molecular weight is 340 g/mol. The number of benzene rings is 1. The summed E-state index contributed by atoms with van der Waals surface area (Å²) in [7, 11) is -3.57. The van der Waals surface area contributed by atoms with Crippen LogP contribution >= 0.6 is 0 Å². The summed E-state index contributed by atoms with van der Waals surface area (Å²) in [6.07, 6.45) is 2.95. The molecule has 23 heavy (non-hydrogen) atoms. The quantitative estimate of drug-likeness (QED) is 0.830. The lowest BCUT2D eigenvalue weighted by Crippen LogP contribution is -2.49. The lowest BCUT2D eigenvalue weighted by molar-refractivity contribution is -0.122. The van der Waals surface area contributed by atoms with Crippen LogP contribution in [0.5, 0.6) is 0 Å². The molecule has 0 saturated carbocycles. The smallest absolute Gasteiger partial charge is 0.243 e. The van der Waals surface area contributed by atoms with E-state index in [9.17, 15) is 13.2 Å². The second-order valence-electron chi connectivity index (χ2n) is 6.28. The van der Waals surface area contributed by atoms with Crippen LogP contribution in [0.3, 0.4) is 0 Å². The normalized spacial score (nSPS) is 14.2. The molecule has 0 unspecified atom stereocenters. The molecule has 5 nitrogen and oxygen atoms in total. The highest BCUT2D eigenvalue weighted by molar-refractivity contribution is 7.92. The van der Waals surface area contributed by atoms with Crippen molar-refractivity contribution in [3.8, 4) is 0 Å². The van der Waals surface area contributed by atoms with Gasteiger partial charge in [0.05, 0.1) is 11.9 Å². The first kappa shape index (κ1) is 19.5. The Morgan fingerprint density at radius 1 is 1.17 bits per heavy atom. The SMILES string of the molecule is CCC[C@H](C)NC(=O)[C@H](C)N(c1cc(C)cc(C)c1)S(C)(=O)=O. The van der Waals surface area contributed by atoms with E-state index in [-0.39, 0.29) is 11.9 Å². The van der Waals surface area contributed by atoms with Gasteiger partial charge in [-0.2, -0.15) is 0 Å². The molecule has 0 saturated heterocycles. The molecule has 0 aromatic heterocycles. The van der Waals surface area contributed by atoms with Gasteiger partial charge >= 0.3 is 0 Å². The maximum Gasteiger partial charge on any atom is 0.243 e. The van der Waals surface area contributed by atoms with Crippen LogP contribution in [-0.4, -0.2) is 32.7 Å². The monoisotopic (exact) mass is 340 g/mol. The Hall–Kier alpha value is -1.56. The molecule has 0 bridgehead atoms. The molecule has 0 aliphatic heterocycles. The summed E-state index contributed by atoms with van der Waals surface area (Å²) >= 11 is 0. The van der Waals surface area contributed by atoms with Gasteiger partial charge in [0, 0.05) is 6.04 Å². The fourth-order valence-electron chi connectivity index (χ4n) is 2.76. The number of nitrogens with one attached hydrogen (secondary N) is 1. The molecule has 0 aliphatic rings. The molecule has 0 fully saturated rings. The number of hydrogen-bond donors (Lipinski definition) is 1. The highest BCUT2D eigenvalue weighted by atomic mass is 32.2. The Morgan fingerprint density at radius 3 is 2.13 bits per heavy atom. The Morgan fingerprint density at radius 2 is 1.70 bits per heavy atom. The lowest BCUT2D eigenvalue weighted by Gasteiger charge is -2.29. The number of rotatable bonds is 7. The highest BCUT2D eigenvalue weighted by Gasteiger charge is 2.29. The van der Waals surface area contributed by atoms with E-state index >= 15 is 0 Å². The summed E-state index contributed by atoms with van der Waals surface area (Å²) in [5.41, 5.74) is 2.44. The third-order valence-electron chi connectivity index (χ3n) is 3.66. The van der Waals surface area contributed by atoms with E-state index < -0.39 is 16.1 Å². The van der Waals surface area contributed by atoms with Crippen LogP contribution in [0.2, 0.25) is 0 Å². The number of anilines is 1. The predicted molar refractivity (Wildman–Crippen MR) is 95.2 cm³/mol. The van der Waals surface area contributed by atoms with Crippen LogP contribution in [0.1, 0.15) is 44.7 Å². The minimum Gasteiger partial charge on any atom is -0.352 e. The molecule has 1 N–H and O–H groups in total. The van der Waals surface area contributed by atoms with Crippen molar-refractivity contribution in [1.29, 1.82) is 0 Å². The third-order valence-corrected chi connectivity index (χ3v) is 4.90. The van der Waals surface area contributed by atoms with Crippen molar-refractivity contribution in [3.63, 3.8) is 0 Å². The molecule has 1 amide bonds. The summed E-state index contributed by atoms with van der Waals surface area (Å²) < 4.78 is 25.7. The summed E-state index contributed by atoms with van der Waals surface area (Å²) in [6, 6.07) is 4.76. The number of amides is 1. The average Bonchev–Trinajstić information content (AvgIpc) is 2.35. The van der Waals surface area contributed by atoms with Crippen LogP contribution in [-0.2, 0) is 14.8 Å². The number of hydrogen-bond acceptors (Lipinski definition) is 3. The lowest BCUT2D eigenvalue weighted by atomic mass is 10.1. The van der Waals surface area contributed by atoms with Gasteiger partial charge in [-0.05, 0) is 57.4 Å². The number of sulfonamides is 1. The second-order valence-corrected chi connectivity index (χ2v) is 8.14. The van der Waals surface area contributed by atoms with Gasteiger partial charge in [-0.25, -0.2) is 8.42 Å². The van der Waals surface area contributed by atoms with Crippen molar-refractivity contribution in [2.24, 2.45) is 0 Å². The zero-order valence-electron chi connectivity index (χ0n) is 14.9. The molecule has 0 spiro atoms. The molecular weight excluding hydrogens is 312 g/mol. The van der Waals surface area contributed by atoms with Crippen molar-refractivity contribution >= 4 is 21.6 Å². The van der Waals surface area contributed by atoms with Gasteiger partial charge in [0.25, 0.3) is 0 Å². The Balaban J connectivity index is 3.14. The van der Waals surface area contributed by atoms with Crippen molar-refractivity contribution < 1.29 is 13.2 Å². The van der Waals surface area contributed by atoms with Gasteiger partial charge in [-0.1, -0.05) is 19.4 Å². The van der Waals surface area contributed by atoms with E-state index in [0.29, 0.717) is 5.69 Å². The Labute approximate surface area is 140 Å².